The number of hydrogen-bond donors (Lipinski definition) is 1. The predicted octanol–water partition coefficient (Wildman–Crippen LogP) is 5.36. The first kappa shape index (κ1) is 22.2. The molecule has 10 heteroatoms. The maximum atomic E-state index is 12.9. The second kappa shape index (κ2) is 9.23. The Morgan fingerprint density at radius 3 is 2.69 bits per heavy atom. The summed E-state index contributed by atoms with van der Waals surface area (Å²) in [6.07, 6.45) is 1.43. The number of pyridine rings is 1. The second-order valence-electron chi connectivity index (χ2n) is 6.65. The molecule has 0 spiro atoms. The minimum atomic E-state index is -4.03. The van der Waals surface area contributed by atoms with Crippen LogP contribution in [0.1, 0.15) is 15.9 Å². The largest absolute Gasteiger partial charge is 0.465 e. The van der Waals surface area contributed by atoms with Gasteiger partial charge in [0, 0.05) is 23.4 Å². The number of benzene rings is 2. The van der Waals surface area contributed by atoms with Crippen molar-refractivity contribution in [1.82, 2.24) is 4.98 Å². The standard InChI is InChI=1S/C22H17ClN2O5S2/c1-29-22(26)17-8-4-2-7-15(17)13-31-21-18(11-16(23)12-24-21)25-32(27,28)20-10-14-6-3-5-9-19(14)30-20/h2-12,25H,13H2,1H3. The van der Waals surface area contributed by atoms with Gasteiger partial charge in [0.1, 0.15) is 10.6 Å². The van der Waals surface area contributed by atoms with Crippen LogP contribution in [-0.4, -0.2) is 26.5 Å². The molecule has 4 rings (SSSR count). The molecule has 0 aliphatic heterocycles. The molecule has 0 aliphatic carbocycles. The summed E-state index contributed by atoms with van der Waals surface area (Å²) in [6.45, 7) is 0. The van der Waals surface area contributed by atoms with Crippen LogP contribution in [-0.2, 0) is 20.5 Å². The Kier molecular flexibility index (Phi) is 6.40. The van der Waals surface area contributed by atoms with Crippen LogP contribution < -0.4 is 4.72 Å². The predicted molar refractivity (Wildman–Crippen MR) is 124 cm³/mol. The lowest BCUT2D eigenvalue weighted by atomic mass is 10.1. The number of furan rings is 1. The van der Waals surface area contributed by atoms with E-state index in [9.17, 15) is 13.2 Å². The van der Waals surface area contributed by atoms with Crippen molar-refractivity contribution in [2.45, 2.75) is 15.9 Å². The fourth-order valence-electron chi connectivity index (χ4n) is 3.00. The molecule has 0 fully saturated rings. The average molecular weight is 489 g/mol. The number of esters is 1. The van der Waals surface area contributed by atoms with E-state index in [1.165, 1.54) is 37.2 Å². The van der Waals surface area contributed by atoms with Gasteiger partial charge in [0.05, 0.1) is 23.4 Å². The van der Waals surface area contributed by atoms with Gasteiger partial charge in [0.15, 0.2) is 0 Å². The van der Waals surface area contributed by atoms with Gasteiger partial charge in [-0.05, 0) is 23.8 Å². The zero-order valence-corrected chi connectivity index (χ0v) is 19.1. The van der Waals surface area contributed by atoms with Gasteiger partial charge >= 0.3 is 5.97 Å². The Morgan fingerprint density at radius 1 is 1.16 bits per heavy atom. The van der Waals surface area contributed by atoms with Gasteiger partial charge in [-0.2, -0.15) is 8.42 Å². The number of halogens is 1. The number of methoxy groups -OCH3 is 1. The number of nitrogens with zero attached hydrogens (tertiary/aromatic N) is 1. The molecule has 0 bridgehead atoms. The van der Waals surface area contributed by atoms with Crippen LogP contribution in [0.4, 0.5) is 5.69 Å². The lowest BCUT2D eigenvalue weighted by Gasteiger charge is -2.12. The van der Waals surface area contributed by atoms with Gasteiger partial charge in [-0.15, -0.1) is 0 Å². The summed E-state index contributed by atoms with van der Waals surface area (Å²) in [4.78, 5) is 16.3. The molecule has 2 heterocycles. The Morgan fingerprint density at radius 2 is 1.91 bits per heavy atom. The van der Waals surface area contributed by atoms with E-state index in [0.29, 0.717) is 27.3 Å². The van der Waals surface area contributed by atoms with E-state index in [2.05, 4.69) is 9.71 Å². The summed E-state index contributed by atoms with van der Waals surface area (Å²) >= 11 is 7.32. The number of anilines is 1. The molecule has 7 nitrogen and oxygen atoms in total. The molecule has 0 radical (unpaired) electrons. The van der Waals surface area contributed by atoms with Crippen molar-refractivity contribution >= 4 is 56.0 Å². The van der Waals surface area contributed by atoms with E-state index in [4.69, 9.17) is 20.8 Å². The van der Waals surface area contributed by atoms with E-state index in [0.717, 1.165) is 5.56 Å². The molecule has 0 atom stereocenters. The normalized spacial score (nSPS) is 11.4. The second-order valence-corrected chi connectivity index (χ2v) is 9.67. The Hall–Kier alpha value is -3.01. The molecule has 0 saturated heterocycles. The van der Waals surface area contributed by atoms with E-state index < -0.39 is 16.0 Å². The number of ether oxygens (including phenoxy) is 1. The van der Waals surface area contributed by atoms with Crippen molar-refractivity contribution < 1.29 is 22.4 Å². The van der Waals surface area contributed by atoms with Crippen LogP contribution in [0.5, 0.6) is 0 Å². The van der Waals surface area contributed by atoms with Crippen LogP contribution >= 0.6 is 23.4 Å². The molecule has 1 N–H and O–H groups in total. The summed E-state index contributed by atoms with van der Waals surface area (Å²) in [5, 5.41) is 1.12. The van der Waals surface area contributed by atoms with Crippen molar-refractivity contribution in [3.05, 3.63) is 83.0 Å². The summed E-state index contributed by atoms with van der Waals surface area (Å²) in [7, 11) is -2.71. The number of carbonyl (C=O) groups excluding carboxylic acids is 1. The number of carbonyl (C=O) groups is 1. The van der Waals surface area contributed by atoms with Crippen LogP contribution in [0.2, 0.25) is 5.02 Å². The number of aromatic nitrogens is 1. The number of para-hydroxylation sites is 1. The summed E-state index contributed by atoms with van der Waals surface area (Å²) in [5.74, 6) is -0.0877. The number of hydrogen-bond acceptors (Lipinski definition) is 7. The molecule has 2 aromatic carbocycles. The number of sulfonamides is 1. The van der Waals surface area contributed by atoms with Gasteiger partial charge < -0.3 is 9.15 Å². The third-order valence-corrected chi connectivity index (χ3v) is 7.00. The number of nitrogens with one attached hydrogen (secondary N) is 1. The Balaban J connectivity index is 1.61. The van der Waals surface area contributed by atoms with Gasteiger partial charge in [0.25, 0.3) is 10.0 Å². The Labute approximate surface area is 193 Å². The highest BCUT2D eigenvalue weighted by Gasteiger charge is 2.22. The van der Waals surface area contributed by atoms with E-state index in [-0.39, 0.29) is 15.8 Å². The zero-order valence-electron chi connectivity index (χ0n) is 16.7. The molecular weight excluding hydrogens is 472 g/mol. The van der Waals surface area contributed by atoms with Gasteiger partial charge in [-0.25, -0.2) is 9.78 Å². The minimum Gasteiger partial charge on any atom is -0.465 e. The minimum absolute atomic E-state index is 0.207. The lowest BCUT2D eigenvalue weighted by molar-refractivity contribution is 0.0600. The lowest BCUT2D eigenvalue weighted by Crippen LogP contribution is -2.13. The molecule has 164 valence electrons. The van der Waals surface area contributed by atoms with Crippen LogP contribution in [0.15, 0.2) is 81.4 Å². The van der Waals surface area contributed by atoms with Gasteiger partial charge in [-0.3, -0.25) is 4.72 Å². The maximum absolute atomic E-state index is 12.9. The molecule has 0 aliphatic rings. The van der Waals surface area contributed by atoms with E-state index >= 15 is 0 Å². The molecular formula is C22H17ClN2O5S2. The van der Waals surface area contributed by atoms with Gasteiger partial charge in [-0.1, -0.05) is 59.8 Å². The summed E-state index contributed by atoms with van der Waals surface area (Å²) < 4.78 is 38.7. The molecule has 0 amide bonds. The first-order chi connectivity index (χ1) is 15.4. The fraction of sp³-hybridized carbons (Fsp3) is 0.0909. The summed E-state index contributed by atoms with van der Waals surface area (Å²) in [5.41, 5.74) is 1.83. The van der Waals surface area contributed by atoms with Crippen molar-refractivity contribution in [2.24, 2.45) is 0 Å². The SMILES string of the molecule is COC(=O)c1ccccc1CSc1ncc(Cl)cc1NS(=O)(=O)c1cc2ccccc2o1. The summed E-state index contributed by atoms with van der Waals surface area (Å²) in [6, 6.07) is 17.0. The van der Waals surface area contributed by atoms with Crippen molar-refractivity contribution in [3.8, 4) is 0 Å². The highest BCUT2D eigenvalue weighted by atomic mass is 35.5. The van der Waals surface area contributed by atoms with Gasteiger partial charge in [0.2, 0.25) is 5.09 Å². The van der Waals surface area contributed by atoms with Crippen LogP contribution in [0, 0.1) is 0 Å². The topological polar surface area (TPSA) is 98.5 Å². The number of thioether (sulfide) groups is 1. The quantitative estimate of drug-likeness (QED) is 0.276. The van der Waals surface area contributed by atoms with E-state index in [1.54, 1.807) is 42.5 Å². The molecule has 0 unspecified atom stereocenters. The monoisotopic (exact) mass is 488 g/mol. The number of rotatable bonds is 7. The van der Waals surface area contributed by atoms with Crippen molar-refractivity contribution in [1.29, 1.82) is 0 Å². The van der Waals surface area contributed by atoms with Crippen LogP contribution in [0.25, 0.3) is 11.0 Å². The highest BCUT2D eigenvalue weighted by molar-refractivity contribution is 7.98. The van der Waals surface area contributed by atoms with Crippen molar-refractivity contribution in [2.75, 3.05) is 11.8 Å². The third kappa shape index (κ3) is 4.74. The van der Waals surface area contributed by atoms with Crippen LogP contribution in [0.3, 0.4) is 0 Å². The molecule has 4 aromatic rings. The maximum Gasteiger partial charge on any atom is 0.338 e. The van der Waals surface area contributed by atoms with E-state index in [1.807, 2.05) is 6.07 Å². The molecule has 32 heavy (non-hydrogen) atoms. The average Bonchev–Trinajstić information content (AvgIpc) is 3.23. The number of fused-ring (bicyclic) bond motifs is 1. The zero-order chi connectivity index (χ0) is 22.7. The highest BCUT2D eigenvalue weighted by Crippen LogP contribution is 2.33. The first-order valence-electron chi connectivity index (χ1n) is 9.33. The third-order valence-electron chi connectivity index (χ3n) is 4.52. The molecule has 0 saturated carbocycles. The molecule has 2 aromatic heterocycles. The fourth-order valence-corrected chi connectivity index (χ4v) is 5.19. The van der Waals surface area contributed by atoms with Crippen molar-refractivity contribution in [3.63, 3.8) is 0 Å². The first-order valence-corrected chi connectivity index (χ1v) is 12.2. The Bertz CT molecular complexity index is 1370. The smallest absolute Gasteiger partial charge is 0.338 e.